The molecule has 0 aromatic carbocycles. The predicted molar refractivity (Wildman–Crippen MR) is 87.0 cm³/mol. The standard InChI is InChI=1S/C15H23ClN4O/c1-4-8-20-14(21)13(16)11(9-19-20)18-10-12-15(2,3)6-5-7-17-12/h4,9,12,17-18H,1,5-8,10H2,2-3H3. The zero-order chi connectivity index (χ0) is 15.5. The molecule has 1 unspecified atom stereocenters. The van der Waals surface area contributed by atoms with Gasteiger partial charge in [0.1, 0.15) is 5.02 Å². The molecule has 2 N–H and O–H groups in total. The van der Waals surface area contributed by atoms with Gasteiger partial charge < -0.3 is 10.6 Å². The van der Waals surface area contributed by atoms with Gasteiger partial charge in [0.15, 0.2) is 0 Å². The van der Waals surface area contributed by atoms with Crippen molar-refractivity contribution in [3.8, 4) is 0 Å². The third-order valence-corrected chi connectivity index (χ3v) is 4.48. The lowest BCUT2D eigenvalue weighted by molar-refractivity contribution is 0.188. The average molecular weight is 311 g/mol. The van der Waals surface area contributed by atoms with Crippen LogP contribution in [0.5, 0.6) is 0 Å². The molecular weight excluding hydrogens is 288 g/mol. The third-order valence-electron chi connectivity index (χ3n) is 4.12. The Hall–Kier alpha value is -1.33. The summed E-state index contributed by atoms with van der Waals surface area (Å²) in [5.74, 6) is 0. The molecule has 116 valence electrons. The highest BCUT2D eigenvalue weighted by molar-refractivity contribution is 6.32. The van der Waals surface area contributed by atoms with Crippen LogP contribution in [-0.2, 0) is 6.54 Å². The zero-order valence-corrected chi connectivity index (χ0v) is 13.4. The highest BCUT2D eigenvalue weighted by Gasteiger charge is 2.31. The summed E-state index contributed by atoms with van der Waals surface area (Å²) in [6.45, 7) is 10.2. The first kappa shape index (κ1) is 16.0. The van der Waals surface area contributed by atoms with Crippen molar-refractivity contribution in [2.24, 2.45) is 5.41 Å². The van der Waals surface area contributed by atoms with Gasteiger partial charge in [-0.15, -0.1) is 6.58 Å². The summed E-state index contributed by atoms with van der Waals surface area (Å²) < 4.78 is 1.29. The van der Waals surface area contributed by atoms with E-state index in [-0.39, 0.29) is 16.0 Å². The van der Waals surface area contributed by atoms with E-state index in [9.17, 15) is 4.79 Å². The smallest absolute Gasteiger partial charge is 0.287 e. The van der Waals surface area contributed by atoms with Crippen molar-refractivity contribution in [2.75, 3.05) is 18.4 Å². The van der Waals surface area contributed by atoms with E-state index in [0.717, 1.165) is 13.1 Å². The molecule has 0 bridgehead atoms. The second-order valence-corrected chi connectivity index (χ2v) is 6.51. The second-order valence-electron chi connectivity index (χ2n) is 6.13. The highest BCUT2D eigenvalue weighted by Crippen LogP contribution is 2.30. The van der Waals surface area contributed by atoms with Gasteiger partial charge in [-0.3, -0.25) is 4.79 Å². The fourth-order valence-corrected chi connectivity index (χ4v) is 2.89. The molecule has 1 atom stereocenters. The predicted octanol–water partition coefficient (Wildman–Crippen LogP) is 2.27. The molecule has 1 aliphatic heterocycles. The Morgan fingerprint density at radius 3 is 3.10 bits per heavy atom. The van der Waals surface area contributed by atoms with Crippen LogP contribution in [0.15, 0.2) is 23.6 Å². The van der Waals surface area contributed by atoms with E-state index in [1.54, 1.807) is 12.3 Å². The fraction of sp³-hybridized carbons (Fsp3) is 0.600. The summed E-state index contributed by atoms with van der Waals surface area (Å²) in [6, 6.07) is 0.345. The molecule has 1 aromatic heterocycles. The van der Waals surface area contributed by atoms with E-state index in [1.165, 1.54) is 17.5 Å². The number of anilines is 1. The van der Waals surface area contributed by atoms with Crippen LogP contribution in [0.2, 0.25) is 5.02 Å². The SMILES string of the molecule is C=CCn1ncc(NCC2NCCCC2(C)C)c(Cl)c1=O. The number of allylic oxidation sites excluding steroid dienone is 1. The first-order valence-electron chi connectivity index (χ1n) is 7.29. The monoisotopic (exact) mass is 310 g/mol. The van der Waals surface area contributed by atoms with Gasteiger partial charge in [0.2, 0.25) is 0 Å². The largest absolute Gasteiger partial charge is 0.381 e. The molecule has 0 spiro atoms. The number of nitrogens with zero attached hydrogens (tertiary/aromatic N) is 2. The quantitative estimate of drug-likeness (QED) is 0.819. The van der Waals surface area contributed by atoms with Crippen molar-refractivity contribution in [1.82, 2.24) is 15.1 Å². The van der Waals surface area contributed by atoms with Gasteiger partial charge in [0.05, 0.1) is 18.4 Å². The lowest BCUT2D eigenvalue weighted by Crippen LogP contribution is -2.50. The minimum Gasteiger partial charge on any atom is -0.381 e. The van der Waals surface area contributed by atoms with E-state index >= 15 is 0 Å². The Kier molecular flexibility index (Phi) is 5.06. The molecule has 2 heterocycles. The normalized spacial score (nSPS) is 21.0. The number of piperidine rings is 1. The molecule has 1 aliphatic rings. The summed E-state index contributed by atoms with van der Waals surface area (Å²) >= 11 is 6.13. The van der Waals surface area contributed by atoms with Crippen LogP contribution in [-0.4, -0.2) is 28.9 Å². The van der Waals surface area contributed by atoms with Crippen LogP contribution in [0, 0.1) is 5.41 Å². The van der Waals surface area contributed by atoms with E-state index in [2.05, 4.69) is 36.2 Å². The maximum Gasteiger partial charge on any atom is 0.287 e. The number of halogens is 1. The maximum atomic E-state index is 12.0. The molecular formula is C15H23ClN4O. The summed E-state index contributed by atoms with van der Waals surface area (Å²) in [4.78, 5) is 12.0. The Labute approximate surface area is 130 Å². The molecule has 0 aliphatic carbocycles. The molecule has 2 rings (SSSR count). The number of hydrogen-bond donors (Lipinski definition) is 2. The Balaban J connectivity index is 2.08. The minimum absolute atomic E-state index is 0.181. The van der Waals surface area contributed by atoms with Gasteiger partial charge in [0.25, 0.3) is 5.56 Å². The molecule has 0 radical (unpaired) electrons. The van der Waals surface area contributed by atoms with E-state index < -0.39 is 0 Å². The molecule has 1 aromatic rings. The molecule has 0 amide bonds. The second kappa shape index (κ2) is 6.62. The van der Waals surface area contributed by atoms with Gasteiger partial charge in [-0.25, -0.2) is 4.68 Å². The number of rotatable bonds is 5. The molecule has 5 nitrogen and oxygen atoms in total. The van der Waals surface area contributed by atoms with Crippen molar-refractivity contribution in [3.05, 3.63) is 34.2 Å². The van der Waals surface area contributed by atoms with Crippen LogP contribution in [0.25, 0.3) is 0 Å². The number of aromatic nitrogens is 2. The van der Waals surface area contributed by atoms with E-state index in [1.807, 2.05) is 0 Å². The van der Waals surface area contributed by atoms with Crippen molar-refractivity contribution >= 4 is 17.3 Å². The van der Waals surface area contributed by atoms with Crippen LogP contribution >= 0.6 is 11.6 Å². The number of hydrogen-bond acceptors (Lipinski definition) is 4. The minimum atomic E-state index is -0.294. The molecule has 0 saturated carbocycles. The molecule has 1 fully saturated rings. The molecule has 1 saturated heterocycles. The Bertz CT molecular complexity index is 567. The lowest BCUT2D eigenvalue weighted by atomic mass is 9.77. The third kappa shape index (κ3) is 3.66. The average Bonchev–Trinajstić information content (AvgIpc) is 2.44. The highest BCUT2D eigenvalue weighted by atomic mass is 35.5. The van der Waals surface area contributed by atoms with Gasteiger partial charge >= 0.3 is 0 Å². The summed E-state index contributed by atoms with van der Waals surface area (Å²) in [5, 5.41) is 11.1. The number of nitrogens with one attached hydrogen (secondary N) is 2. The van der Waals surface area contributed by atoms with Crippen LogP contribution in [0.1, 0.15) is 26.7 Å². The van der Waals surface area contributed by atoms with Crippen LogP contribution in [0.3, 0.4) is 0 Å². The zero-order valence-electron chi connectivity index (χ0n) is 12.7. The fourth-order valence-electron chi connectivity index (χ4n) is 2.67. The van der Waals surface area contributed by atoms with Gasteiger partial charge in [0, 0.05) is 12.6 Å². The van der Waals surface area contributed by atoms with Crippen LogP contribution in [0.4, 0.5) is 5.69 Å². The molecule has 21 heavy (non-hydrogen) atoms. The maximum absolute atomic E-state index is 12.0. The van der Waals surface area contributed by atoms with Crippen LogP contribution < -0.4 is 16.2 Å². The van der Waals surface area contributed by atoms with Gasteiger partial charge in [-0.05, 0) is 24.8 Å². The van der Waals surface area contributed by atoms with Crippen molar-refractivity contribution in [1.29, 1.82) is 0 Å². The Morgan fingerprint density at radius 1 is 1.67 bits per heavy atom. The van der Waals surface area contributed by atoms with Crippen molar-refractivity contribution in [2.45, 2.75) is 39.3 Å². The van der Waals surface area contributed by atoms with Gasteiger partial charge in [-0.1, -0.05) is 31.5 Å². The van der Waals surface area contributed by atoms with E-state index in [0.29, 0.717) is 18.3 Å². The van der Waals surface area contributed by atoms with E-state index in [4.69, 9.17) is 11.6 Å². The summed E-state index contributed by atoms with van der Waals surface area (Å²) in [6.07, 6.45) is 5.61. The first-order valence-corrected chi connectivity index (χ1v) is 7.67. The Morgan fingerprint density at radius 2 is 2.43 bits per heavy atom. The van der Waals surface area contributed by atoms with Crippen molar-refractivity contribution < 1.29 is 0 Å². The first-order chi connectivity index (χ1) is 9.95. The lowest BCUT2D eigenvalue weighted by Gasteiger charge is -2.39. The topological polar surface area (TPSA) is 59.0 Å². The summed E-state index contributed by atoms with van der Waals surface area (Å²) in [7, 11) is 0. The van der Waals surface area contributed by atoms with Gasteiger partial charge in [-0.2, -0.15) is 5.10 Å². The molecule has 6 heteroatoms. The summed E-state index contributed by atoms with van der Waals surface area (Å²) in [5.41, 5.74) is 0.519. The van der Waals surface area contributed by atoms with Crippen molar-refractivity contribution in [3.63, 3.8) is 0 Å².